The summed E-state index contributed by atoms with van der Waals surface area (Å²) in [5, 5.41) is 10.9. The minimum Gasteiger partial charge on any atom is -0.356 e. The van der Waals surface area contributed by atoms with Crippen molar-refractivity contribution in [2.75, 3.05) is 13.6 Å². The maximum absolute atomic E-state index is 4.36. The first-order valence-electron chi connectivity index (χ1n) is 9.72. The minimum absolute atomic E-state index is 0.190. The molecule has 1 saturated carbocycles. The van der Waals surface area contributed by atoms with Crippen molar-refractivity contribution in [2.45, 2.75) is 57.4 Å². The molecule has 0 bridgehead atoms. The van der Waals surface area contributed by atoms with E-state index in [1.807, 2.05) is 7.05 Å². The largest absolute Gasteiger partial charge is 0.356 e. The van der Waals surface area contributed by atoms with Crippen LogP contribution in [0.2, 0.25) is 0 Å². The molecule has 1 heterocycles. The van der Waals surface area contributed by atoms with Crippen LogP contribution in [-0.2, 0) is 24.4 Å². The van der Waals surface area contributed by atoms with Crippen molar-refractivity contribution < 1.29 is 0 Å². The van der Waals surface area contributed by atoms with Gasteiger partial charge >= 0.3 is 0 Å². The summed E-state index contributed by atoms with van der Waals surface area (Å²) in [6.45, 7) is 8.27. The van der Waals surface area contributed by atoms with E-state index in [1.165, 1.54) is 30.4 Å². The molecule has 0 radical (unpaired) electrons. The first-order chi connectivity index (χ1) is 12.8. The Morgan fingerprint density at radius 2 is 1.89 bits per heavy atom. The van der Waals surface area contributed by atoms with E-state index >= 15 is 0 Å². The number of nitrogens with one attached hydrogen (secondary N) is 2. The number of nitrogens with zero attached hydrogens (tertiary/aromatic N) is 4. The van der Waals surface area contributed by atoms with Gasteiger partial charge in [-0.05, 0) is 29.4 Å². The summed E-state index contributed by atoms with van der Waals surface area (Å²) in [6, 6.07) is 9.21. The van der Waals surface area contributed by atoms with E-state index in [-0.39, 0.29) is 10.8 Å². The number of aromatic nitrogens is 3. The van der Waals surface area contributed by atoms with Gasteiger partial charge in [-0.1, -0.05) is 51.5 Å². The molecule has 1 fully saturated rings. The van der Waals surface area contributed by atoms with Gasteiger partial charge in [0.1, 0.15) is 12.2 Å². The van der Waals surface area contributed by atoms with Crippen LogP contribution in [0.1, 0.15) is 57.0 Å². The van der Waals surface area contributed by atoms with Gasteiger partial charge in [-0.3, -0.25) is 9.67 Å². The zero-order valence-electron chi connectivity index (χ0n) is 17.2. The summed E-state index contributed by atoms with van der Waals surface area (Å²) >= 11 is 0. The molecule has 1 aromatic carbocycles. The third-order valence-corrected chi connectivity index (χ3v) is 5.71. The summed E-state index contributed by atoms with van der Waals surface area (Å²) in [6.07, 6.45) is 5.29. The second-order valence-electron chi connectivity index (χ2n) is 8.54. The second-order valence-corrected chi connectivity index (χ2v) is 8.54. The van der Waals surface area contributed by atoms with Crippen LogP contribution < -0.4 is 10.6 Å². The fraction of sp³-hybridized carbons (Fsp3) is 0.571. The Balaban J connectivity index is 1.62. The van der Waals surface area contributed by atoms with Crippen molar-refractivity contribution in [1.82, 2.24) is 25.4 Å². The summed E-state index contributed by atoms with van der Waals surface area (Å²) in [5.74, 6) is 1.68. The molecule has 0 amide bonds. The number of benzene rings is 1. The molecule has 1 aliphatic rings. The topological polar surface area (TPSA) is 67.1 Å². The second kappa shape index (κ2) is 7.71. The molecular formula is C21H32N6. The molecule has 6 heteroatoms. The monoisotopic (exact) mass is 368 g/mol. The highest BCUT2D eigenvalue weighted by atomic mass is 15.3. The SMILES string of the molecule is CN=C(NCc1ncnn1C)NCC1(c2ccc(C(C)(C)C)cc2)CCC1. The van der Waals surface area contributed by atoms with Crippen molar-refractivity contribution in [3.8, 4) is 0 Å². The van der Waals surface area contributed by atoms with Crippen molar-refractivity contribution in [3.05, 3.63) is 47.5 Å². The Hall–Kier alpha value is -2.37. The molecule has 1 aliphatic carbocycles. The summed E-state index contributed by atoms with van der Waals surface area (Å²) in [4.78, 5) is 8.60. The van der Waals surface area contributed by atoms with Gasteiger partial charge in [-0.2, -0.15) is 5.10 Å². The van der Waals surface area contributed by atoms with E-state index in [4.69, 9.17) is 0 Å². The van der Waals surface area contributed by atoms with Crippen LogP contribution in [0.15, 0.2) is 35.6 Å². The first-order valence-corrected chi connectivity index (χ1v) is 9.72. The third-order valence-electron chi connectivity index (χ3n) is 5.71. The number of hydrogen-bond acceptors (Lipinski definition) is 3. The molecule has 27 heavy (non-hydrogen) atoms. The van der Waals surface area contributed by atoms with Crippen molar-refractivity contribution in [2.24, 2.45) is 12.0 Å². The highest BCUT2D eigenvalue weighted by molar-refractivity contribution is 5.79. The number of rotatable bonds is 5. The summed E-state index contributed by atoms with van der Waals surface area (Å²) in [5.41, 5.74) is 3.21. The Labute approximate surface area is 162 Å². The predicted molar refractivity (Wildman–Crippen MR) is 110 cm³/mol. The van der Waals surface area contributed by atoms with Crippen molar-refractivity contribution >= 4 is 5.96 Å². The molecule has 6 nitrogen and oxygen atoms in total. The van der Waals surface area contributed by atoms with Crippen LogP contribution in [0, 0.1) is 0 Å². The summed E-state index contributed by atoms with van der Waals surface area (Å²) < 4.78 is 1.77. The number of guanidine groups is 1. The van der Waals surface area contributed by atoms with Crippen LogP contribution in [0.5, 0.6) is 0 Å². The molecule has 0 atom stereocenters. The van der Waals surface area contributed by atoms with E-state index in [1.54, 1.807) is 18.1 Å². The van der Waals surface area contributed by atoms with E-state index in [0.29, 0.717) is 6.54 Å². The van der Waals surface area contributed by atoms with Gasteiger partial charge in [0.25, 0.3) is 0 Å². The highest BCUT2D eigenvalue weighted by Crippen LogP contribution is 2.43. The van der Waals surface area contributed by atoms with Gasteiger partial charge in [0.15, 0.2) is 5.96 Å². The lowest BCUT2D eigenvalue weighted by atomic mass is 9.64. The predicted octanol–water partition coefficient (Wildman–Crippen LogP) is 2.90. The zero-order chi connectivity index (χ0) is 19.5. The molecule has 146 valence electrons. The molecule has 0 spiro atoms. The number of hydrogen-bond donors (Lipinski definition) is 2. The Kier molecular flexibility index (Phi) is 5.53. The van der Waals surface area contributed by atoms with E-state index < -0.39 is 0 Å². The van der Waals surface area contributed by atoms with E-state index in [9.17, 15) is 0 Å². The molecule has 1 aromatic heterocycles. The highest BCUT2D eigenvalue weighted by Gasteiger charge is 2.38. The zero-order valence-corrected chi connectivity index (χ0v) is 17.2. The van der Waals surface area contributed by atoms with Crippen LogP contribution in [0.25, 0.3) is 0 Å². The lowest BCUT2D eigenvalue weighted by molar-refractivity contribution is 0.243. The van der Waals surface area contributed by atoms with Gasteiger partial charge in [0.05, 0.1) is 6.54 Å². The van der Waals surface area contributed by atoms with E-state index in [2.05, 4.69) is 70.7 Å². The van der Waals surface area contributed by atoms with Crippen LogP contribution in [0.3, 0.4) is 0 Å². The van der Waals surface area contributed by atoms with Gasteiger partial charge < -0.3 is 10.6 Å². The lowest BCUT2D eigenvalue weighted by Gasteiger charge is -2.43. The number of aliphatic imine (C=N–C) groups is 1. The molecule has 2 aromatic rings. The van der Waals surface area contributed by atoms with Crippen LogP contribution >= 0.6 is 0 Å². The smallest absolute Gasteiger partial charge is 0.191 e. The average molecular weight is 369 g/mol. The van der Waals surface area contributed by atoms with Crippen LogP contribution in [-0.4, -0.2) is 34.3 Å². The molecule has 2 N–H and O–H groups in total. The number of aryl methyl sites for hydroxylation is 1. The summed E-state index contributed by atoms with van der Waals surface area (Å²) in [7, 11) is 3.70. The molecule has 0 saturated heterocycles. The van der Waals surface area contributed by atoms with Crippen LogP contribution in [0.4, 0.5) is 0 Å². The van der Waals surface area contributed by atoms with Crippen molar-refractivity contribution in [1.29, 1.82) is 0 Å². The maximum atomic E-state index is 4.36. The van der Waals surface area contributed by atoms with Gasteiger partial charge in [0, 0.05) is 26.1 Å². The third kappa shape index (κ3) is 4.31. The fourth-order valence-corrected chi connectivity index (χ4v) is 3.61. The van der Waals surface area contributed by atoms with Crippen molar-refractivity contribution in [3.63, 3.8) is 0 Å². The normalized spacial score (nSPS) is 16.7. The van der Waals surface area contributed by atoms with E-state index in [0.717, 1.165) is 18.3 Å². The fourth-order valence-electron chi connectivity index (χ4n) is 3.61. The van der Waals surface area contributed by atoms with Gasteiger partial charge in [0.2, 0.25) is 0 Å². The Bertz CT molecular complexity index is 778. The molecule has 0 aliphatic heterocycles. The average Bonchev–Trinajstić information content (AvgIpc) is 3.01. The minimum atomic E-state index is 0.190. The molecule has 3 rings (SSSR count). The Morgan fingerprint density at radius 3 is 2.37 bits per heavy atom. The molecular weight excluding hydrogens is 336 g/mol. The Morgan fingerprint density at radius 1 is 1.19 bits per heavy atom. The standard InChI is InChI=1S/C21H32N6/c1-20(2,3)16-7-9-17(10-8-16)21(11-6-12-21)14-24-19(22-4)23-13-18-25-15-26-27(18)5/h7-10,15H,6,11-14H2,1-5H3,(H2,22,23,24). The van der Waals surface area contributed by atoms with Gasteiger partial charge in [-0.25, -0.2) is 4.98 Å². The maximum Gasteiger partial charge on any atom is 0.191 e. The quantitative estimate of drug-likeness (QED) is 0.629. The van der Waals surface area contributed by atoms with Gasteiger partial charge in [-0.15, -0.1) is 0 Å². The lowest BCUT2D eigenvalue weighted by Crippen LogP contribution is -2.48. The molecule has 0 unspecified atom stereocenters. The first kappa shape index (κ1) is 19.4.